The van der Waals surface area contributed by atoms with Crippen LogP contribution in [-0.2, 0) is 22.4 Å². The Balaban J connectivity index is 1.39. The third-order valence-corrected chi connectivity index (χ3v) is 5.65. The van der Waals surface area contributed by atoms with E-state index in [9.17, 15) is 9.59 Å². The van der Waals surface area contributed by atoms with Gasteiger partial charge in [0.25, 0.3) is 0 Å². The van der Waals surface area contributed by atoms with Crippen molar-refractivity contribution in [2.75, 3.05) is 26.2 Å². The van der Waals surface area contributed by atoms with Crippen LogP contribution in [0.3, 0.4) is 0 Å². The first-order chi connectivity index (χ1) is 14.8. The molecule has 0 aromatic heterocycles. The smallest absolute Gasteiger partial charge is 0.410 e. The monoisotopic (exact) mass is 425 g/mol. The number of ether oxygens (including phenoxy) is 2. The highest BCUT2D eigenvalue weighted by Gasteiger charge is 2.26. The lowest BCUT2D eigenvalue weighted by atomic mass is 10.0. The second-order valence-corrected chi connectivity index (χ2v) is 9.19. The molecule has 31 heavy (non-hydrogen) atoms. The maximum Gasteiger partial charge on any atom is 0.410 e. The highest BCUT2D eigenvalue weighted by atomic mass is 16.6. The number of nitrogens with zero attached hydrogens (tertiary/aromatic N) is 2. The van der Waals surface area contributed by atoms with E-state index in [1.165, 1.54) is 11.1 Å². The summed E-state index contributed by atoms with van der Waals surface area (Å²) < 4.78 is 11.6. The van der Waals surface area contributed by atoms with Crippen molar-refractivity contribution in [3.63, 3.8) is 0 Å². The van der Waals surface area contributed by atoms with Crippen LogP contribution in [-0.4, -0.2) is 53.6 Å². The lowest BCUT2D eigenvalue weighted by Crippen LogP contribution is -2.38. The number of hydrogen-bond donors (Lipinski definition) is 1. The summed E-state index contributed by atoms with van der Waals surface area (Å²) in [6.45, 7) is 8.30. The number of carbonyl (C=O) groups excluding carboxylic acids is 2. The molecular formula is C24H31N3O4. The predicted octanol–water partition coefficient (Wildman–Crippen LogP) is 3.35. The normalized spacial score (nSPS) is 19.1. The molecule has 166 valence electrons. The van der Waals surface area contributed by atoms with Crippen molar-refractivity contribution in [3.05, 3.63) is 53.1 Å². The number of carbonyl (C=O) groups is 2. The van der Waals surface area contributed by atoms with Gasteiger partial charge in [-0.2, -0.15) is 0 Å². The zero-order chi connectivity index (χ0) is 22.0. The molecule has 3 aliphatic heterocycles. The van der Waals surface area contributed by atoms with Gasteiger partial charge < -0.3 is 24.6 Å². The molecule has 0 saturated carbocycles. The molecular weight excluding hydrogens is 394 g/mol. The van der Waals surface area contributed by atoms with E-state index in [2.05, 4.69) is 17.4 Å². The number of amides is 2. The molecule has 0 aliphatic carbocycles. The molecule has 1 fully saturated rings. The number of rotatable bonds is 3. The second kappa shape index (κ2) is 8.65. The first kappa shape index (κ1) is 21.3. The van der Waals surface area contributed by atoms with Crippen LogP contribution in [0.15, 0.2) is 41.9 Å². The summed E-state index contributed by atoms with van der Waals surface area (Å²) in [6, 6.07) is 6.10. The van der Waals surface area contributed by atoms with Gasteiger partial charge in [-0.05, 0) is 69.4 Å². The van der Waals surface area contributed by atoms with Crippen LogP contribution < -0.4 is 10.1 Å². The van der Waals surface area contributed by atoms with Gasteiger partial charge in [0.2, 0.25) is 5.91 Å². The second-order valence-electron chi connectivity index (χ2n) is 9.19. The van der Waals surface area contributed by atoms with Gasteiger partial charge >= 0.3 is 6.09 Å². The first-order valence-corrected chi connectivity index (χ1v) is 11.0. The average Bonchev–Trinajstić information content (AvgIpc) is 3.02. The molecule has 1 saturated heterocycles. The van der Waals surface area contributed by atoms with Crippen molar-refractivity contribution in [3.8, 4) is 5.75 Å². The van der Waals surface area contributed by atoms with E-state index in [0.717, 1.165) is 37.3 Å². The van der Waals surface area contributed by atoms with E-state index < -0.39 is 5.60 Å². The molecule has 0 radical (unpaired) electrons. The van der Waals surface area contributed by atoms with Crippen molar-refractivity contribution in [1.29, 1.82) is 0 Å². The third-order valence-electron chi connectivity index (χ3n) is 5.65. The van der Waals surface area contributed by atoms with Crippen LogP contribution in [0, 0.1) is 0 Å². The Bertz CT molecular complexity index is 929. The van der Waals surface area contributed by atoms with E-state index >= 15 is 0 Å². The lowest BCUT2D eigenvalue weighted by Gasteiger charge is -2.26. The van der Waals surface area contributed by atoms with Gasteiger partial charge in [-0.25, -0.2) is 4.79 Å². The van der Waals surface area contributed by atoms with Crippen molar-refractivity contribution in [2.45, 2.75) is 52.1 Å². The van der Waals surface area contributed by atoms with Crippen LogP contribution in [0.2, 0.25) is 0 Å². The fraction of sp³-hybridized carbons (Fsp3) is 0.500. The topological polar surface area (TPSA) is 71.1 Å². The summed E-state index contributed by atoms with van der Waals surface area (Å²) in [6.07, 6.45) is 6.68. The van der Waals surface area contributed by atoms with Crippen LogP contribution in [0.1, 0.15) is 44.7 Å². The molecule has 3 heterocycles. The molecule has 0 spiro atoms. The molecule has 1 N–H and O–H groups in total. The lowest BCUT2D eigenvalue weighted by molar-refractivity contribution is -0.126. The van der Waals surface area contributed by atoms with Crippen molar-refractivity contribution in [2.24, 2.45) is 0 Å². The Hall–Kier alpha value is -2.96. The predicted molar refractivity (Wildman–Crippen MR) is 117 cm³/mol. The Kier molecular flexibility index (Phi) is 5.94. The molecule has 0 bridgehead atoms. The summed E-state index contributed by atoms with van der Waals surface area (Å²) in [7, 11) is 0. The Morgan fingerprint density at radius 1 is 1.03 bits per heavy atom. The van der Waals surface area contributed by atoms with Gasteiger partial charge in [-0.15, -0.1) is 0 Å². The highest BCUT2D eigenvalue weighted by Crippen LogP contribution is 2.25. The largest absolute Gasteiger partial charge is 0.444 e. The van der Waals surface area contributed by atoms with Crippen molar-refractivity contribution < 1.29 is 19.1 Å². The molecule has 1 aromatic rings. The Labute approximate surface area is 183 Å². The number of dihydropyridines is 1. The van der Waals surface area contributed by atoms with Gasteiger partial charge in [0.1, 0.15) is 11.4 Å². The van der Waals surface area contributed by atoms with E-state index in [1.807, 2.05) is 43.9 Å². The molecule has 4 rings (SSSR count). The average molecular weight is 426 g/mol. The zero-order valence-electron chi connectivity index (χ0n) is 18.6. The van der Waals surface area contributed by atoms with Gasteiger partial charge in [-0.3, -0.25) is 4.79 Å². The summed E-state index contributed by atoms with van der Waals surface area (Å²) >= 11 is 0. The van der Waals surface area contributed by atoms with Crippen LogP contribution in [0.4, 0.5) is 4.79 Å². The fourth-order valence-corrected chi connectivity index (χ4v) is 4.08. The number of hydrogen-bond acceptors (Lipinski definition) is 5. The SMILES string of the molecule is CC(C)(C)OC(=O)N1CCc2ccc(OC3=CC=C(N4CCCC4=O)CN3)cc2CC1. The minimum atomic E-state index is -0.492. The maximum absolute atomic E-state index is 12.4. The maximum atomic E-state index is 12.4. The fourth-order valence-electron chi connectivity index (χ4n) is 4.08. The van der Waals surface area contributed by atoms with Gasteiger partial charge in [0, 0.05) is 37.8 Å². The van der Waals surface area contributed by atoms with Crippen molar-refractivity contribution in [1.82, 2.24) is 15.1 Å². The minimum absolute atomic E-state index is 0.192. The van der Waals surface area contributed by atoms with Gasteiger partial charge in [0.05, 0.1) is 6.54 Å². The number of fused-ring (bicyclic) bond motifs is 1. The standard InChI is InChI=1S/C24H31N3O4/c1-24(2,3)31-23(29)26-13-10-17-6-8-20(15-18(17)11-14-26)30-21-9-7-19(16-25-21)27-12-4-5-22(27)28/h6-9,15,25H,4-5,10-14,16H2,1-3H3. The van der Waals surface area contributed by atoms with Crippen LogP contribution in [0.25, 0.3) is 0 Å². The molecule has 1 aromatic carbocycles. The molecule has 7 nitrogen and oxygen atoms in total. The first-order valence-electron chi connectivity index (χ1n) is 11.0. The minimum Gasteiger partial charge on any atom is -0.444 e. The highest BCUT2D eigenvalue weighted by molar-refractivity contribution is 5.80. The van der Waals surface area contributed by atoms with Crippen molar-refractivity contribution >= 4 is 12.0 Å². The van der Waals surface area contributed by atoms with Gasteiger partial charge in [-0.1, -0.05) is 6.07 Å². The number of benzene rings is 1. The summed E-state index contributed by atoms with van der Waals surface area (Å²) in [4.78, 5) is 28.0. The van der Waals surface area contributed by atoms with E-state index in [0.29, 0.717) is 31.9 Å². The Morgan fingerprint density at radius 2 is 1.81 bits per heavy atom. The third kappa shape index (κ3) is 5.21. The zero-order valence-corrected chi connectivity index (χ0v) is 18.6. The van der Waals surface area contributed by atoms with Gasteiger partial charge in [0.15, 0.2) is 5.88 Å². The number of nitrogens with one attached hydrogen (secondary N) is 1. The molecule has 3 aliphatic rings. The summed E-state index contributed by atoms with van der Waals surface area (Å²) in [5.41, 5.74) is 2.92. The Morgan fingerprint density at radius 3 is 2.45 bits per heavy atom. The van der Waals surface area contributed by atoms with Crippen LogP contribution in [0.5, 0.6) is 5.75 Å². The number of allylic oxidation sites excluding steroid dienone is 2. The van der Waals surface area contributed by atoms with E-state index in [1.54, 1.807) is 4.90 Å². The molecule has 7 heteroatoms. The van der Waals surface area contributed by atoms with E-state index in [4.69, 9.17) is 9.47 Å². The summed E-state index contributed by atoms with van der Waals surface area (Å²) in [5.74, 6) is 1.62. The van der Waals surface area contributed by atoms with Crippen LogP contribution >= 0.6 is 0 Å². The quantitative estimate of drug-likeness (QED) is 0.804. The van der Waals surface area contributed by atoms with E-state index in [-0.39, 0.29) is 12.0 Å². The molecule has 0 unspecified atom stereocenters. The summed E-state index contributed by atoms with van der Waals surface area (Å²) in [5, 5.41) is 3.26. The molecule has 0 atom stereocenters. The molecule has 2 amide bonds. The number of likely N-dealkylation sites (tertiary alicyclic amines) is 1.